The van der Waals surface area contributed by atoms with E-state index in [1.807, 2.05) is 0 Å². The van der Waals surface area contributed by atoms with Crippen molar-refractivity contribution >= 4 is 33.1 Å². The Labute approximate surface area is 144 Å². The third-order valence-electron chi connectivity index (χ3n) is 4.00. The van der Waals surface area contributed by atoms with Gasteiger partial charge in [0, 0.05) is 16.7 Å². The number of hydrogen-bond acceptors (Lipinski definition) is 5. The van der Waals surface area contributed by atoms with Gasteiger partial charge in [0.15, 0.2) is 11.5 Å². The molecule has 0 fully saturated rings. The fourth-order valence-corrected chi connectivity index (χ4v) is 3.88. The first-order valence-corrected chi connectivity index (χ1v) is 8.96. The molecule has 0 saturated carbocycles. The van der Waals surface area contributed by atoms with Crippen LogP contribution in [0.4, 0.5) is 5.69 Å². The van der Waals surface area contributed by atoms with Crippen molar-refractivity contribution < 1.29 is 22.7 Å². The highest BCUT2D eigenvalue weighted by molar-refractivity contribution is 7.94. The molecule has 6 nitrogen and oxygen atoms in total. The van der Waals surface area contributed by atoms with Gasteiger partial charge in [0.1, 0.15) is 0 Å². The summed E-state index contributed by atoms with van der Waals surface area (Å²) >= 11 is 0. The summed E-state index contributed by atoms with van der Waals surface area (Å²) in [4.78, 5) is 12.6. The zero-order valence-corrected chi connectivity index (χ0v) is 13.8. The van der Waals surface area contributed by atoms with E-state index in [4.69, 9.17) is 9.47 Å². The van der Waals surface area contributed by atoms with Crippen molar-refractivity contribution in [2.75, 3.05) is 12.1 Å². The van der Waals surface area contributed by atoms with Crippen LogP contribution in [0.2, 0.25) is 0 Å². The second kappa shape index (κ2) is 5.49. The van der Waals surface area contributed by atoms with Crippen LogP contribution in [-0.4, -0.2) is 21.1 Å². The lowest BCUT2D eigenvalue weighted by atomic mass is 10.1. The van der Waals surface area contributed by atoms with E-state index in [2.05, 4.69) is 11.9 Å². The molecule has 0 saturated heterocycles. The van der Waals surface area contributed by atoms with Crippen LogP contribution in [0.15, 0.2) is 53.3 Å². The van der Waals surface area contributed by atoms with E-state index in [-0.39, 0.29) is 17.3 Å². The van der Waals surface area contributed by atoms with Crippen molar-refractivity contribution in [2.24, 2.45) is 0 Å². The van der Waals surface area contributed by atoms with Gasteiger partial charge in [0.2, 0.25) is 16.6 Å². The first-order chi connectivity index (χ1) is 11.9. The third-order valence-corrected chi connectivity index (χ3v) is 5.46. The Morgan fingerprint density at radius 2 is 1.88 bits per heavy atom. The van der Waals surface area contributed by atoms with Gasteiger partial charge in [0.25, 0.3) is 5.91 Å². The number of benzene rings is 2. The molecule has 0 bridgehead atoms. The van der Waals surface area contributed by atoms with Gasteiger partial charge >= 0.3 is 0 Å². The Morgan fingerprint density at radius 3 is 2.72 bits per heavy atom. The molecular weight excluding hydrogens is 342 g/mol. The van der Waals surface area contributed by atoms with Crippen LogP contribution >= 0.6 is 0 Å². The first kappa shape index (κ1) is 15.5. The quantitative estimate of drug-likeness (QED) is 0.856. The summed E-state index contributed by atoms with van der Waals surface area (Å²) in [6, 6.07) is 9.84. The van der Waals surface area contributed by atoms with E-state index in [1.165, 1.54) is 12.1 Å². The average molecular weight is 355 g/mol. The first-order valence-electron chi connectivity index (χ1n) is 7.41. The maximum Gasteiger partial charge on any atom is 0.255 e. The Bertz CT molecular complexity index is 1050. The fraction of sp³-hybridized carbons (Fsp3) is 0.0556. The van der Waals surface area contributed by atoms with Gasteiger partial charge in [-0.3, -0.25) is 4.79 Å². The predicted molar refractivity (Wildman–Crippen MR) is 92.9 cm³/mol. The van der Waals surface area contributed by atoms with Gasteiger partial charge in [0.05, 0.1) is 4.90 Å². The largest absolute Gasteiger partial charge is 0.454 e. The van der Waals surface area contributed by atoms with Gasteiger partial charge in [-0.15, -0.1) is 0 Å². The molecule has 2 heterocycles. The van der Waals surface area contributed by atoms with Crippen LogP contribution in [0.5, 0.6) is 11.5 Å². The molecule has 0 aliphatic carbocycles. The molecule has 4 rings (SSSR count). The highest BCUT2D eigenvalue weighted by Crippen LogP contribution is 2.34. The van der Waals surface area contributed by atoms with E-state index in [0.717, 1.165) is 5.41 Å². The molecule has 1 N–H and O–H groups in total. The molecule has 0 radical (unpaired) electrons. The lowest BCUT2D eigenvalue weighted by Crippen LogP contribution is -2.13. The van der Waals surface area contributed by atoms with Crippen molar-refractivity contribution in [1.82, 2.24) is 0 Å². The van der Waals surface area contributed by atoms with Crippen LogP contribution in [-0.2, 0) is 14.6 Å². The van der Waals surface area contributed by atoms with E-state index >= 15 is 0 Å². The summed E-state index contributed by atoms with van der Waals surface area (Å²) in [5.41, 5.74) is 1.82. The van der Waals surface area contributed by atoms with Crippen molar-refractivity contribution in [1.29, 1.82) is 0 Å². The van der Waals surface area contributed by atoms with Crippen molar-refractivity contribution in [3.8, 4) is 11.5 Å². The number of anilines is 1. The Hall–Kier alpha value is -3.06. The van der Waals surface area contributed by atoms with Gasteiger partial charge in [-0.2, -0.15) is 0 Å². The monoisotopic (exact) mass is 355 g/mol. The molecule has 2 aromatic rings. The second-order valence-electron chi connectivity index (χ2n) is 5.60. The fourth-order valence-electron chi connectivity index (χ4n) is 2.65. The molecule has 2 aromatic carbocycles. The molecule has 2 aliphatic heterocycles. The third kappa shape index (κ3) is 2.68. The van der Waals surface area contributed by atoms with Crippen molar-refractivity contribution in [3.05, 3.63) is 59.5 Å². The van der Waals surface area contributed by atoms with Gasteiger partial charge in [-0.05, 0) is 41.5 Å². The van der Waals surface area contributed by atoms with Crippen molar-refractivity contribution in [3.63, 3.8) is 0 Å². The number of carbonyl (C=O) groups excluding carboxylic acids is 1. The van der Waals surface area contributed by atoms with E-state index in [1.54, 1.807) is 30.3 Å². The molecule has 126 valence electrons. The summed E-state index contributed by atoms with van der Waals surface area (Å²) in [7, 11) is -3.43. The minimum atomic E-state index is -3.43. The van der Waals surface area contributed by atoms with Crippen LogP contribution in [0.3, 0.4) is 0 Å². The smallest absolute Gasteiger partial charge is 0.255 e. The normalized spacial score (nSPS) is 15.7. The van der Waals surface area contributed by atoms with Gasteiger partial charge < -0.3 is 14.8 Å². The number of nitrogens with one attached hydrogen (secondary N) is 1. The summed E-state index contributed by atoms with van der Waals surface area (Å²) in [5, 5.41) is 3.82. The average Bonchev–Trinajstić information content (AvgIpc) is 3.18. The minimum absolute atomic E-state index is 0.148. The van der Waals surface area contributed by atoms with Gasteiger partial charge in [-0.25, -0.2) is 8.42 Å². The lowest BCUT2D eigenvalue weighted by Gasteiger charge is -2.10. The molecule has 0 atom stereocenters. The predicted octanol–water partition coefficient (Wildman–Crippen LogP) is 2.83. The number of carbonyl (C=O) groups is 1. The molecule has 0 spiro atoms. The number of sulfone groups is 1. The van der Waals surface area contributed by atoms with Crippen molar-refractivity contribution in [2.45, 2.75) is 4.90 Å². The molecular formula is C18H13NO5S. The highest BCUT2D eigenvalue weighted by Gasteiger charge is 2.22. The molecule has 25 heavy (non-hydrogen) atoms. The number of fused-ring (bicyclic) bond motifs is 2. The highest BCUT2D eigenvalue weighted by atomic mass is 32.2. The maximum absolute atomic E-state index is 12.4. The number of hydrogen-bond donors (Lipinski definition) is 1. The standard InChI is InChI=1S/C18H13NO5S/c1-11(13-3-5-15-16(8-13)24-10-23-15)18(20)19-14-4-2-12-6-7-25(21,22)17(12)9-14/h2-9H,1,10H2,(H,19,20). The SMILES string of the molecule is C=C(C(=O)Nc1ccc2c(c1)S(=O)(=O)C=C2)c1ccc2c(c1)OCO2. The second-order valence-corrected chi connectivity index (χ2v) is 7.40. The van der Waals surface area contributed by atoms with E-state index in [0.29, 0.717) is 28.3 Å². The zero-order valence-electron chi connectivity index (χ0n) is 13.0. The molecule has 7 heteroatoms. The van der Waals surface area contributed by atoms with Crippen LogP contribution in [0, 0.1) is 0 Å². The van der Waals surface area contributed by atoms with Crippen LogP contribution < -0.4 is 14.8 Å². The summed E-state index contributed by atoms with van der Waals surface area (Å²) < 4.78 is 34.4. The molecule has 1 amide bonds. The van der Waals surface area contributed by atoms with E-state index < -0.39 is 15.7 Å². The summed E-state index contributed by atoms with van der Waals surface area (Å²) in [6.07, 6.45) is 1.53. The zero-order chi connectivity index (χ0) is 17.6. The molecule has 0 aromatic heterocycles. The van der Waals surface area contributed by atoms with Crippen LogP contribution in [0.25, 0.3) is 11.6 Å². The Morgan fingerprint density at radius 1 is 1.08 bits per heavy atom. The lowest BCUT2D eigenvalue weighted by molar-refractivity contribution is -0.111. The van der Waals surface area contributed by atoms with Crippen LogP contribution in [0.1, 0.15) is 11.1 Å². The number of rotatable bonds is 3. The molecule has 2 aliphatic rings. The Balaban J connectivity index is 1.56. The molecule has 0 unspecified atom stereocenters. The van der Waals surface area contributed by atoms with E-state index in [9.17, 15) is 13.2 Å². The summed E-state index contributed by atoms with van der Waals surface area (Å²) in [6.45, 7) is 3.96. The summed E-state index contributed by atoms with van der Waals surface area (Å²) in [5.74, 6) is 0.747. The Kier molecular flexibility index (Phi) is 3.40. The maximum atomic E-state index is 12.4. The topological polar surface area (TPSA) is 81.7 Å². The minimum Gasteiger partial charge on any atom is -0.454 e. The number of amides is 1. The van der Waals surface area contributed by atoms with Gasteiger partial charge in [-0.1, -0.05) is 18.7 Å². The number of ether oxygens (including phenoxy) is 2.